The summed E-state index contributed by atoms with van der Waals surface area (Å²) in [5.74, 6) is 0.797. The van der Waals surface area contributed by atoms with Crippen molar-refractivity contribution in [2.24, 2.45) is 5.92 Å². The van der Waals surface area contributed by atoms with Crippen molar-refractivity contribution in [1.29, 1.82) is 0 Å². The van der Waals surface area contributed by atoms with Gasteiger partial charge in [0.15, 0.2) is 0 Å². The standard InChI is InChI=1S/C19H30N2O4/c1-4-24-11-12-25-17-9-5-8-16(13-17)20-18(22)21-10-6-7-15(14-21)19(2,3)23/h5,8-9,13,15,23H,4,6-7,10-12,14H2,1-3H3,(H,20,22)/t15-/m1/s1. The molecule has 140 valence electrons. The van der Waals surface area contributed by atoms with E-state index in [2.05, 4.69) is 5.32 Å². The molecule has 1 heterocycles. The highest BCUT2D eigenvalue weighted by Crippen LogP contribution is 2.27. The minimum Gasteiger partial charge on any atom is -0.491 e. The average Bonchev–Trinajstić information content (AvgIpc) is 2.58. The van der Waals surface area contributed by atoms with Crippen molar-refractivity contribution < 1.29 is 19.4 Å². The summed E-state index contributed by atoms with van der Waals surface area (Å²) in [6, 6.07) is 7.21. The largest absolute Gasteiger partial charge is 0.491 e. The number of benzene rings is 1. The Hall–Kier alpha value is -1.79. The van der Waals surface area contributed by atoms with Crippen LogP contribution in [0.2, 0.25) is 0 Å². The van der Waals surface area contributed by atoms with E-state index in [0.717, 1.165) is 12.8 Å². The number of urea groups is 1. The predicted molar refractivity (Wildman–Crippen MR) is 98.0 cm³/mol. The van der Waals surface area contributed by atoms with E-state index in [0.29, 0.717) is 44.3 Å². The molecule has 1 saturated heterocycles. The number of nitrogens with zero attached hydrogens (tertiary/aromatic N) is 1. The summed E-state index contributed by atoms with van der Waals surface area (Å²) in [7, 11) is 0. The monoisotopic (exact) mass is 350 g/mol. The van der Waals surface area contributed by atoms with Crippen LogP contribution in [0.5, 0.6) is 5.75 Å². The van der Waals surface area contributed by atoms with Crippen molar-refractivity contribution in [3.63, 3.8) is 0 Å². The third-order valence-electron chi connectivity index (χ3n) is 4.49. The van der Waals surface area contributed by atoms with Gasteiger partial charge >= 0.3 is 6.03 Å². The number of ether oxygens (including phenoxy) is 2. The number of anilines is 1. The number of carbonyl (C=O) groups excluding carboxylic acids is 1. The zero-order chi connectivity index (χ0) is 18.3. The number of rotatable bonds is 7. The maximum Gasteiger partial charge on any atom is 0.321 e. The fourth-order valence-corrected chi connectivity index (χ4v) is 2.97. The van der Waals surface area contributed by atoms with Crippen LogP contribution < -0.4 is 10.1 Å². The number of hydrogen-bond acceptors (Lipinski definition) is 4. The maximum absolute atomic E-state index is 12.5. The first kappa shape index (κ1) is 19.5. The van der Waals surface area contributed by atoms with E-state index < -0.39 is 5.60 Å². The zero-order valence-corrected chi connectivity index (χ0v) is 15.5. The van der Waals surface area contributed by atoms with Gasteiger partial charge in [-0.3, -0.25) is 0 Å². The Bertz CT molecular complexity index is 557. The van der Waals surface area contributed by atoms with Crippen molar-refractivity contribution in [3.05, 3.63) is 24.3 Å². The lowest BCUT2D eigenvalue weighted by Crippen LogP contribution is -2.48. The molecule has 6 nitrogen and oxygen atoms in total. The normalized spacial score (nSPS) is 18.1. The van der Waals surface area contributed by atoms with E-state index in [4.69, 9.17) is 9.47 Å². The summed E-state index contributed by atoms with van der Waals surface area (Å²) in [5.41, 5.74) is -0.0722. The van der Waals surface area contributed by atoms with Crippen LogP contribution in [0.15, 0.2) is 24.3 Å². The van der Waals surface area contributed by atoms with Gasteiger partial charge in [0.2, 0.25) is 0 Å². The van der Waals surface area contributed by atoms with Gasteiger partial charge < -0.3 is 24.8 Å². The molecular weight excluding hydrogens is 320 g/mol. The number of amides is 2. The van der Waals surface area contributed by atoms with E-state index >= 15 is 0 Å². The second-order valence-electron chi connectivity index (χ2n) is 6.94. The molecule has 2 amide bonds. The van der Waals surface area contributed by atoms with Crippen molar-refractivity contribution in [1.82, 2.24) is 4.90 Å². The predicted octanol–water partition coefficient (Wildman–Crippen LogP) is 3.12. The first-order chi connectivity index (χ1) is 11.9. The molecule has 1 atom stereocenters. The molecule has 0 aromatic heterocycles. The zero-order valence-electron chi connectivity index (χ0n) is 15.5. The number of likely N-dealkylation sites (tertiary alicyclic amines) is 1. The van der Waals surface area contributed by atoms with Crippen LogP contribution in [0.4, 0.5) is 10.5 Å². The Kier molecular flexibility index (Phi) is 7.08. The molecule has 25 heavy (non-hydrogen) atoms. The number of carbonyl (C=O) groups is 1. The van der Waals surface area contributed by atoms with Crippen molar-refractivity contribution in [2.45, 2.75) is 39.2 Å². The Morgan fingerprint density at radius 2 is 2.20 bits per heavy atom. The molecule has 0 unspecified atom stereocenters. The molecule has 0 saturated carbocycles. The van der Waals surface area contributed by atoms with Crippen LogP contribution in [0, 0.1) is 5.92 Å². The second kappa shape index (κ2) is 9.06. The van der Waals surface area contributed by atoms with Crippen molar-refractivity contribution in [3.8, 4) is 5.75 Å². The molecule has 6 heteroatoms. The van der Waals surface area contributed by atoms with Crippen LogP contribution in [-0.2, 0) is 4.74 Å². The highest BCUT2D eigenvalue weighted by Gasteiger charge is 2.33. The van der Waals surface area contributed by atoms with Gasteiger partial charge in [0.1, 0.15) is 12.4 Å². The molecule has 0 radical (unpaired) electrons. The van der Waals surface area contributed by atoms with Gasteiger partial charge in [-0.25, -0.2) is 4.79 Å². The molecular formula is C19H30N2O4. The summed E-state index contributed by atoms with van der Waals surface area (Å²) in [6.07, 6.45) is 1.85. The van der Waals surface area contributed by atoms with Gasteiger partial charge in [-0.2, -0.15) is 0 Å². The molecule has 1 aliphatic rings. The maximum atomic E-state index is 12.5. The Morgan fingerprint density at radius 1 is 1.40 bits per heavy atom. The molecule has 1 aliphatic heterocycles. The third-order valence-corrected chi connectivity index (χ3v) is 4.49. The Balaban J connectivity index is 1.89. The van der Waals surface area contributed by atoms with Gasteiger partial charge in [-0.05, 0) is 45.7 Å². The van der Waals surface area contributed by atoms with Crippen molar-refractivity contribution in [2.75, 3.05) is 38.2 Å². The Labute approximate surface area is 150 Å². The first-order valence-electron chi connectivity index (χ1n) is 8.99. The molecule has 1 fully saturated rings. The number of hydrogen-bond donors (Lipinski definition) is 2. The highest BCUT2D eigenvalue weighted by atomic mass is 16.5. The fourth-order valence-electron chi connectivity index (χ4n) is 2.97. The lowest BCUT2D eigenvalue weighted by Gasteiger charge is -2.38. The second-order valence-corrected chi connectivity index (χ2v) is 6.94. The van der Waals surface area contributed by atoms with Gasteiger partial charge in [0, 0.05) is 37.4 Å². The van der Waals surface area contributed by atoms with Crippen LogP contribution in [-0.4, -0.2) is 54.5 Å². The summed E-state index contributed by atoms with van der Waals surface area (Å²) in [5, 5.41) is 13.1. The summed E-state index contributed by atoms with van der Waals surface area (Å²) in [6.45, 7) is 8.52. The molecule has 1 aromatic carbocycles. The van der Waals surface area contributed by atoms with E-state index in [-0.39, 0.29) is 11.9 Å². The molecule has 1 aromatic rings. The van der Waals surface area contributed by atoms with E-state index in [1.54, 1.807) is 11.0 Å². The minimum absolute atomic E-state index is 0.0974. The van der Waals surface area contributed by atoms with Crippen LogP contribution in [0.25, 0.3) is 0 Å². The SMILES string of the molecule is CCOCCOc1cccc(NC(=O)N2CCC[C@@H](C(C)(C)O)C2)c1. The Morgan fingerprint density at radius 3 is 2.92 bits per heavy atom. The quantitative estimate of drug-likeness (QED) is 0.741. The molecule has 0 aliphatic carbocycles. The van der Waals surface area contributed by atoms with Crippen LogP contribution >= 0.6 is 0 Å². The minimum atomic E-state index is -0.771. The van der Waals surface area contributed by atoms with Gasteiger partial charge in [-0.15, -0.1) is 0 Å². The van der Waals surface area contributed by atoms with Crippen molar-refractivity contribution >= 4 is 11.7 Å². The molecule has 0 bridgehead atoms. The number of aliphatic hydroxyl groups is 1. The average molecular weight is 350 g/mol. The number of nitrogens with one attached hydrogen (secondary N) is 1. The topological polar surface area (TPSA) is 71.0 Å². The van der Waals surface area contributed by atoms with Gasteiger partial charge in [0.25, 0.3) is 0 Å². The van der Waals surface area contributed by atoms with E-state index in [1.807, 2.05) is 39.0 Å². The highest BCUT2D eigenvalue weighted by molar-refractivity contribution is 5.89. The lowest BCUT2D eigenvalue weighted by molar-refractivity contribution is -0.00973. The third kappa shape index (κ3) is 6.21. The van der Waals surface area contributed by atoms with E-state index in [9.17, 15) is 9.90 Å². The fraction of sp³-hybridized carbons (Fsp3) is 0.632. The summed E-state index contributed by atoms with van der Waals surface area (Å²) < 4.78 is 10.9. The van der Waals surface area contributed by atoms with Crippen LogP contribution in [0.1, 0.15) is 33.6 Å². The summed E-state index contributed by atoms with van der Waals surface area (Å²) >= 11 is 0. The summed E-state index contributed by atoms with van der Waals surface area (Å²) in [4.78, 5) is 14.3. The molecule has 0 spiro atoms. The van der Waals surface area contributed by atoms with E-state index in [1.165, 1.54) is 0 Å². The number of piperidine rings is 1. The van der Waals surface area contributed by atoms with Gasteiger partial charge in [-0.1, -0.05) is 6.07 Å². The lowest BCUT2D eigenvalue weighted by atomic mass is 9.84. The van der Waals surface area contributed by atoms with Gasteiger partial charge in [0.05, 0.1) is 12.2 Å². The smallest absolute Gasteiger partial charge is 0.321 e. The van der Waals surface area contributed by atoms with Crippen LogP contribution in [0.3, 0.4) is 0 Å². The molecule has 2 rings (SSSR count). The first-order valence-corrected chi connectivity index (χ1v) is 8.99. The molecule has 2 N–H and O–H groups in total.